The summed E-state index contributed by atoms with van der Waals surface area (Å²) in [6.07, 6.45) is -0.239. The SMILES string of the molecule is Cc1ccc(S(=O)(=O)N2CC3(C)C4(C)CC2N(S(=O)(=O)c2ccc(C)cc2)CC43C)cc1. The number of rotatable bonds is 4. The maximum atomic E-state index is 13.8. The standard InChI is InChI=1S/C24H30N2O4S2/c1-17-6-10-19(11-7-17)31(27,28)25-15-23(4)22(3)14-21(25)26(16-24(22,23)5)32(29,30)20-12-8-18(2)9-13-20/h6-13,21H,14-16H2,1-5H3. The van der Waals surface area contributed by atoms with E-state index in [9.17, 15) is 16.8 Å². The van der Waals surface area contributed by atoms with Crippen molar-refractivity contribution in [3.63, 3.8) is 0 Å². The fraction of sp³-hybridized carbons (Fsp3) is 0.500. The molecule has 2 atom stereocenters. The van der Waals surface area contributed by atoms with E-state index in [2.05, 4.69) is 20.8 Å². The molecular weight excluding hydrogens is 444 g/mol. The summed E-state index contributed by atoms with van der Waals surface area (Å²) in [7, 11) is -7.73. The molecule has 2 unspecified atom stereocenters. The van der Waals surface area contributed by atoms with E-state index in [1.54, 1.807) is 48.5 Å². The van der Waals surface area contributed by atoms with Crippen LogP contribution in [0.2, 0.25) is 0 Å². The van der Waals surface area contributed by atoms with E-state index < -0.39 is 26.2 Å². The molecule has 1 aliphatic carbocycles. The van der Waals surface area contributed by atoms with Crippen LogP contribution in [0.25, 0.3) is 0 Å². The van der Waals surface area contributed by atoms with Crippen molar-refractivity contribution in [3.8, 4) is 0 Å². The summed E-state index contributed by atoms with van der Waals surface area (Å²) < 4.78 is 57.9. The van der Waals surface area contributed by atoms with Gasteiger partial charge in [0, 0.05) is 13.1 Å². The zero-order chi connectivity index (χ0) is 23.3. The molecule has 172 valence electrons. The quantitative estimate of drug-likeness (QED) is 0.676. The number of sulfonamides is 2. The Morgan fingerprint density at radius 1 is 0.656 bits per heavy atom. The molecule has 2 heterocycles. The highest BCUT2D eigenvalue weighted by Gasteiger charge is 2.85. The highest BCUT2D eigenvalue weighted by atomic mass is 32.2. The molecule has 3 fully saturated rings. The Balaban J connectivity index is 1.63. The molecule has 8 heteroatoms. The average Bonchev–Trinajstić information content (AvgIpc) is 3.18. The Bertz CT molecular complexity index is 1210. The molecule has 5 rings (SSSR count). The molecule has 0 N–H and O–H groups in total. The minimum Gasteiger partial charge on any atom is -0.207 e. The first-order valence-corrected chi connectivity index (χ1v) is 13.8. The Hall–Kier alpha value is -1.74. The molecule has 2 saturated heterocycles. The molecule has 6 nitrogen and oxygen atoms in total. The van der Waals surface area contributed by atoms with Gasteiger partial charge in [0.1, 0.15) is 0 Å². The molecule has 2 bridgehead atoms. The number of nitrogens with zero attached hydrogens (tertiary/aromatic N) is 2. The average molecular weight is 475 g/mol. The molecule has 0 aromatic heterocycles. The highest BCUT2D eigenvalue weighted by Crippen LogP contribution is 2.84. The van der Waals surface area contributed by atoms with Crippen LogP contribution < -0.4 is 0 Å². The summed E-state index contributed by atoms with van der Waals surface area (Å²) >= 11 is 0. The molecule has 32 heavy (non-hydrogen) atoms. The lowest BCUT2D eigenvalue weighted by molar-refractivity contribution is 0.0583. The topological polar surface area (TPSA) is 74.8 Å². The summed E-state index contributed by atoms with van der Waals surface area (Å²) in [6.45, 7) is 10.9. The van der Waals surface area contributed by atoms with E-state index in [0.29, 0.717) is 19.5 Å². The third-order valence-electron chi connectivity index (χ3n) is 9.05. The first-order chi connectivity index (χ1) is 14.8. The second-order valence-electron chi connectivity index (χ2n) is 10.4. The van der Waals surface area contributed by atoms with E-state index in [0.717, 1.165) is 11.1 Å². The van der Waals surface area contributed by atoms with Gasteiger partial charge in [0.15, 0.2) is 0 Å². The third-order valence-corrected chi connectivity index (χ3v) is 12.8. The van der Waals surface area contributed by atoms with Crippen LogP contribution >= 0.6 is 0 Å². The van der Waals surface area contributed by atoms with Gasteiger partial charge >= 0.3 is 0 Å². The molecule has 0 amide bonds. The molecular formula is C24H30N2O4S2. The van der Waals surface area contributed by atoms with E-state index in [1.807, 2.05) is 13.8 Å². The number of piperidine rings is 2. The minimum atomic E-state index is -3.87. The lowest BCUT2D eigenvalue weighted by Gasteiger charge is -2.46. The zero-order valence-electron chi connectivity index (χ0n) is 19.2. The van der Waals surface area contributed by atoms with Crippen molar-refractivity contribution in [2.24, 2.45) is 16.2 Å². The van der Waals surface area contributed by atoms with E-state index in [1.165, 1.54) is 8.61 Å². The summed E-state index contributed by atoms with van der Waals surface area (Å²) in [5, 5.41) is 0. The second-order valence-corrected chi connectivity index (χ2v) is 14.2. The van der Waals surface area contributed by atoms with Crippen molar-refractivity contribution in [2.45, 2.75) is 57.0 Å². The predicted octanol–water partition coefficient (Wildman–Crippen LogP) is 3.76. The molecule has 2 aliphatic heterocycles. The molecule has 0 spiro atoms. The fourth-order valence-electron chi connectivity index (χ4n) is 6.29. The molecule has 0 radical (unpaired) electrons. The van der Waals surface area contributed by atoms with Gasteiger partial charge < -0.3 is 0 Å². The van der Waals surface area contributed by atoms with Crippen LogP contribution in [0.5, 0.6) is 0 Å². The summed E-state index contributed by atoms with van der Waals surface area (Å²) in [5.74, 6) is 0. The minimum absolute atomic E-state index is 0.0940. The van der Waals surface area contributed by atoms with Gasteiger partial charge in [-0.1, -0.05) is 56.2 Å². The monoisotopic (exact) mass is 474 g/mol. The van der Waals surface area contributed by atoms with Gasteiger partial charge in [-0.2, -0.15) is 8.61 Å². The molecule has 2 aromatic carbocycles. The van der Waals surface area contributed by atoms with E-state index in [-0.39, 0.29) is 26.0 Å². The van der Waals surface area contributed by atoms with Gasteiger partial charge in [0.2, 0.25) is 20.0 Å². The fourth-order valence-corrected chi connectivity index (χ4v) is 9.72. The zero-order valence-corrected chi connectivity index (χ0v) is 20.8. The Morgan fingerprint density at radius 3 is 1.34 bits per heavy atom. The first-order valence-electron chi connectivity index (χ1n) is 11.0. The smallest absolute Gasteiger partial charge is 0.207 e. The molecule has 3 aliphatic rings. The van der Waals surface area contributed by atoms with Crippen molar-refractivity contribution < 1.29 is 16.8 Å². The number of aryl methyl sites for hydroxylation is 2. The first kappa shape index (κ1) is 22.1. The Kier molecular flexibility index (Phi) is 4.44. The van der Waals surface area contributed by atoms with Gasteiger partial charge in [-0.25, -0.2) is 16.8 Å². The van der Waals surface area contributed by atoms with Crippen LogP contribution in [0, 0.1) is 30.1 Å². The number of hydrogen-bond acceptors (Lipinski definition) is 4. The summed E-state index contributed by atoms with van der Waals surface area (Å²) in [5.41, 5.74) is 1.28. The lowest BCUT2D eigenvalue weighted by Crippen LogP contribution is -2.59. The van der Waals surface area contributed by atoms with Crippen molar-refractivity contribution in [2.75, 3.05) is 13.1 Å². The molecule has 2 aromatic rings. The van der Waals surface area contributed by atoms with Crippen molar-refractivity contribution in [1.29, 1.82) is 0 Å². The summed E-state index contributed by atoms with van der Waals surface area (Å²) in [4.78, 5) is 0.412. The Morgan fingerprint density at radius 2 is 1.00 bits per heavy atom. The van der Waals surface area contributed by atoms with E-state index in [4.69, 9.17) is 0 Å². The van der Waals surface area contributed by atoms with Crippen LogP contribution in [-0.2, 0) is 20.0 Å². The number of fused-ring (bicyclic) bond motifs is 2. The van der Waals surface area contributed by atoms with Crippen LogP contribution in [0.1, 0.15) is 38.3 Å². The maximum Gasteiger partial charge on any atom is 0.244 e. The summed E-state index contributed by atoms with van der Waals surface area (Å²) in [6, 6.07) is 13.6. The highest BCUT2D eigenvalue weighted by molar-refractivity contribution is 7.90. The van der Waals surface area contributed by atoms with Gasteiger partial charge in [0.05, 0.1) is 16.0 Å². The normalized spacial score (nSPS) is 35.0. The number of hydrogen-bond donors (Lipinski definition) is 0. The van der Waals surface area contributed by atoms with Crippen LogP contribution in [0.4, 0.5) is 0 Å². The Labute approximate surface area is 191 Å². The third kappa shape index (κ3) is 2.58. The maximum absolute atomic E-state index is 13.8. The van der Waals surface area contributed by atoms with Crippen LogP contribution in [0.3, 0.4) is 0 Å². The van der Waals surface area contributed by atoms with Gasteiger partial charge in [-0.3, -0.25) is 0 Å². The molecule has 1 saturated carbocycles. The van der Waals surface area contributed by atoms with Crippen molar-refractivity contribution in [1.82, 2.24) is 8.61 Å². The van der Waals surface area contributed by atoms with Gasteiger partial charge in [0.25, 0.3) is 0 Å². The lowest BCUT2D eigenvalue weighted by atomic mass is 9.86. The van der Waals surface area contributed by atoms with Gasteiger partial charge in [-0.05, 0) is 60.8 Å². The number of benzene rings is 2. The predicted molar refractivity (Wildman–Crippen MR) is 123 cm³/mol. The second kappa shape index (κ2) is 6.44. The van der Waals surface area contributed by atoms with Crippen molar-refractivity contribution in [3.05, 3.63) is 59.7 Å². The van der Waals surface area contributed by atoms with E-state index >= 15 is 0 Å². The van der Waals surface area contributed by atoms with Crippen LogP contribution in [-0.4, -0.2) is 44.7 Å². The van der Waals surface area contributed by atoms with Gasteiger partial charge in [-0.15, -0.1) is 0 Å². The van der Waals surface area contributed by atoms with Crippen molar-refractivity contribution >= 4 is 20.0 Å². The van der Waals surface area contributed by atoms with Crippen LogP contribution in [0.15, 0.2) is 58.3 Å². The largest absolute Gasteiger partial charge is 0.244 e.